The molecule has 7 heteroatoms. The lowest BCUT2D eigenvalue weighted by Crippen LogP contribution is -2.34. The third-order valence-corrected chi connectivity index (χ3v) is 2.58. The Hall–Kier alpha value is -2.31. The Kier molecular flexibility index (Phi) is 5.59. The molecular weight excluding hydrogens is 248 g/mol. The second-order valence-corrected chi connectivity index (χ2v) is 3.94. The molecule has 1 unspecified atom stereocenters. The summed E-state index contributed by atoms with van der Waals surface area (Å²) in [6, 6.07) is 3.30. The monoisotopic (exact) mass is 266 g/mol. The van der Waals surface area contributed by atoms with Crippen LogP contribution in [-0.4, -0.2) is 29.0 Å². The van der Waals surface area contributed by atoms with E-state index in [2.05, 4.69) is 15.5 Å². The molecular formula is C12H18N4O3. The molecule has 0 fully saturated rings. The van der Waals surface area contributed by atoms with Gasteiger partial charge >= 0.3 is 0 Å². The maximum Gasteiger partial charge on any atom is 0.235 e. The predicted octanol–water partition coefficient (Wildman–Crippen LogP) is 1.19. The summed E-state index contributed by atoms with van der Waals surface area (Å²) in [5, 5.41) is 14.2. The summed E-state index contributed by atoms with van der Waals surface area (Å²) in [6.45, 7) is 1.92. The minimum absolute atomic E-state index is 0.0965. The van der Waals surface area contributed by atoms with Crippen LogP contribution >= 0.6 is 0 Å². The molecule has 0 spiro atoms. The highest BCUT2D eigenvalue weighted by Gasteiger charge is 2.22. The maximum absolute atomic E-state index is 12.0. The molecule has 1 amide bonds. The number of oxime groups is 1. The van der Waals surface area contributed by atoms with Crippen LogP contribution in [0.5, 0.6) is 5.88 Å². The van der Waals surface area contributed by atoms with Crippen molar-refractivity contribution < 1.29 is 14.7 Å². The highest BCUT2D eigenvalue weighted by atomic mass is 16.5. The lowest BCUT2D eigenvalue weighted by Gasteiger charge is -2.14. The van der Waals surface area contributed by atoms with E-state index in [0.717, 1.165) is 6.42 Å². The van der Waals surface area contributed by atoms with Crippen LogP contribution in [0, 0.1) is 5.92 Å². The zero-order chi connectivity index (χ0) is 14.3. The fraction of sp³-hybridized carbons (Fsp3) is 0.417. The lowest BCUT2D eigenvalue weighted by atomic mass is 10.0. The number of rotatable bonds is 6. The van der Waals surface area contributed by atoms with Crippen LogP contribution in [0.2, 0.25) is 0 Å². The van der Waals surface area contributed by atoms with Gasteiger partial charge in [-0.05, 0) is 12.5 Å². The third-order valence-electron chi connectivity index (χ3n) is 2.58. The average Bonchev–Trinajstić information content (AvgIpc) is 2.44. The minimum atomic E-state index is -0.655. The quantitative estimate of drug-likeness (QED) is 0.310. The van der Waals surface area contributed by atoms with Gasteiger partial charge in [0.2, 0.25) is 11.8 Å². The van der Waals surface area contributed by atoms with Crippen molar-refractivity contribution in [1.82, 2.24) is 4.98 Å². The molecule has 0 aliphatic rings. The summed E-state index contributed by atoms with van der Waals surface area (Å²) in [5.41, 5.74) is 6.03. The Labute approximate surface area is 111 Å². The second-order valence-electron chi connectivity index (χ2n) is 3.94. The summed E-state index contributed by atoms with van der Waals surface area (Å²) in [6.07, 6.45) is 2.73. The first kappa shape index (κ1) is 14.7. The fourth-order valence-corrected chi connectivity index (χ4v) is 1.58. The number of hydrogen-bond donors (Lipinski definition) is 3. The summed E-state index contributed by atoms with van der Waals surface area (Å²) < 4.78 is 4.92. The van der Waals surface area contributed by atoms with E-state index in [0.29, 0.717) is 18.0 Å². The van der Waals surface area contributed by atoms with Gasteiger partial charge in [-0.3, -0.25) is 4.79 Å². The van der Waals surface area contributed by atoms with Gasteiger partial charge < -0.3 is 21.0 Å². The molecule has 1 rings (SSSR count). The van der Waals surface area contributed by atoms with Crippen LogP contribution in [0.25, 0.3) is 0 Å². The van der Waals surface area contributed by atoms with Crippen molar-refractivity contribution in [2.75, 3.05) is 12.4 Å². The topological polar surface area (TPSA) is 110 Å². The van der Waals surface area contributed by atoms with Crippen molar-refractivity contribution in [2.24, 2.45) is 16.8 Å². The van der Waals surface area contributed by atoms with Crippen LogP contribution in [0.4, 0.5) is 5.69 Å². The second kappa shape index (κ2) is 7.20. The Morgan fingerprint density at radius 1 is 1.63 bits per heavy atom. The average molecular weight is 266 g/mol. The molecule has 1 aromatic heterocycles. The summed E-state index contributed by atoms with van der Waals surface area (Å²) in [4.78, 5) is 16.0. The molecule has 0 bridgehead atoms. The van der Waals surface area contributed by atoms with Crippen LogP contribution in [-0.2, 0) is 4.79 Å². The van der Waals surface area contributed by atoms with E-state index in [1.165, 1.54) is 13.3 Å². The molecule has 104 valence electrons. The molecule has 0 aliphatic heterocycles. The smallest absolute Gasteiger partial charge is 0.235 e. The molecule has 19 heavy (non-hydrogen) atoms. The molecule has 7 nitrogen and oxygen atoms in total. The number of amidine groups is 1. The van der Waals surface area contributed by atoms with E-state index in [1.54, 1.807) is 12.1 Å². The fourth-order valence-electron chi connectivity index (χ4n) is 1.58. The van der Waals surface area contributed by atoms with Crippen molar-refractivity contribution in [3.63, 3.8) is 0 Å². The number of carbonyl (C=O) groups excluding carboxylic acids is 1. The molecule has 0 saturated heterocycles. The van der Waals surface area contributed by atoms with E-state index in [1.807, 2.05) is 6.92 Å². The van der Waals surface area contributed by atoms with Gasteiger partial charge in [-0.25, -0.2) is 4.98 Å². The Bertz CT molecular complexity index is 445. The zero-order valence-electron chi connectivity index (χ0n) is 11.0. The van der Waals surface area contributed by atoms with Gasteiger partial charge in [-0.1, -0.05) is 18.5 Å². The van der Waals surface area contributed by atoms with Gasteiger partial charge in [0.15, 0.2) is 5.84 Å². The first-order valence-corrected chi connectivity index (χ1v) is 5.90. The number of amides is 1. The number of nitrogens with one attached hydrogen (secondary N) is 1. The number of hydrogen-bond acceptors (Lipinski definition) is 5. The van der Waals surface area contributed by atoms with Gasteiger partial charge in [0.1, 0.15) is 0 Å². The number of ether oxygens (including phenoxy) is 1. The van der Waals surface area contributed by atoms with Gasteiger partial charge in [-0.2, -0.15) is 0 Å². The molecule has 4 N–H and O–H groups in total. The van der Waals surface area contributed by atoms with E-state index in [-0.39, 0.29) is 11.7 Å². The van der Waals surface area contributed by atoms with Crippen molar-refractivity contribution in [2.45, 2.75) is 19.8 Å². The van der Waals surface area contributed by atoms with Crippen LogP contribution in [0.1, 0.15) is 19.8 Å². The zero-order valence-corrected chi connectivity index (χ0v) is 11.0. The summed E-state index contributed by atoms with van der Waals surface area (Å²) in [5.74, 6) is -0.624. The number of nitrogens with two attached hydrogens (primary N) is 1. The molecule has 1 atom stereocenters. The SMILES string of the molecule is CCCC(C(=O)Nc1ccc(OC)nc1)C(N)=NO. The molecule has 0 radical (unpaired) electrons. The maximum atomic E-state index is 12.0. The standard InChI is InChI=1S/C12H18N4O3/c1-3-4-9(11(13)16-18)12(17)15-8-5-6-10(19-2)14-7-8/h5-7,9,18H,3-4H2,1-2H3,(H2,13,16)(H,15,17). The van der Waals surface area contributed by atoms with Gasteiger partial charge in [0, 0.05) is 6.07 Å². The van der Waals surface area contributed by atoms with E-state index in [9.17, 15) is 4.79 Å². The normalized spacial score (nSPS) is 12.8. The lowest BCUT2D eigenvalue weighted by molar-refractivity contribution is -0.118. The molecule has 0 saturated carbocycles. The van der Waals surface area contributed by atoms with Gasteiger partial charge in [-0.15, -0.1) is 0 Å². The van der Waals surface area contributed by atoms with Crippen LogP contribution < -0.4 is 15.8 Å². The highest BCUT2D eigenvalue weighted by molar-refractivity contribution is 6.07. The highest BCUT2D eigenvalue weighted by Crippen LogP contribution is 2.14. The van der Waals surface area contributed by atoms with Gasteiger partial charge in [0.25, 0.3) is 0 Å². The van der Waals surface area contributed by atoms with Crippen molar-refractivity contribution >= 4 is 17.4 Å². The third kappa shape index (κ3) is 4.13. The number of pyridine rings is 1. The summed E-state index contributed by atoms with van der Waals surface area (Å²) in [7, 11) is 1.51. The number of nitrogens with zero attached hydrogens (tertiary/aromatic N) is 2. The molecule has 1 aromatic rings. The van der Waals surface area contributed by atoms with Crippen molar-refractivity contribution in [1.29, 1.82) is 0 Å². The largest absolute Gasteiger partial charge is 0.481 e. The van der Waals surface area contributed by atoms with E-state index < -0.39 is 5.92 Å². The van der Waals surface area contributed by atoms with Crippen molar-refractivity contribution in [3.05, 3.63) is 18.3 Å². The Balaban J connectivity index is 2.75. The van der Waals surface area contributed by atoms with Crippen LogP contribution in [0.15, 0.2) is 23.5 Å². The molecule has 0 aliphatic carbocycles. The molecule has 0 aromatic carbocycles. The Morgan fingerprint density at radius 2 is 2.37 bits per heavy atom. The number of methoxy groups -OCH3 is 1. The first-order valence-electron chi connectivity index (χ1n) is 5.90. The first-order chi connectivity index (χ1) is 9.12. The van der Waals surface area contributed by atoms with E-state index in [4.69, 9.17) is 15.7 Å². The minimum Gasteiger partial charge on any atom is -0.481 e. The van der Waals surface area contributed by atoms with E-state index >= 15 is 0 Å². The predicted molar refractivity (Wildman–Crippen MR) is 71.2 cm³/mol. The molecule has 1 heterocycles. The Morgan fingerprint density at radius 3 is 2.84 bits per heavy atom. The number of anilines is 1. The van der Waals surface area contributed by atoms with Crippen molar-refractivity contribution in [3.8, 4) is 5.88 Å². The number of aromatic nitrogens is 1. The van der Waals surface area contributed by atoms with Gasteiger partial charge in [0.05, 0.1) is 24.9 Å². The number of carbonyl (C=O) groups is 1. The summed E-state index contributed by atoms with van der Waals surface area (Å²) >= 11 is 0. The van der Waals surface area contributed by atoms with Crippen LogP contribution in [0.3, 0.4) is 0 Å².